The Morgan fingerprint density at radius 3 is 3.23 bits per heavy atom. The summed E-state index contributed by atoms with van der Waals surface area (Å²) in [4.78, 5) is 11.6. The van der Waals surface area contributed by atoms with Crippen LogP contribution in [0.5, 0.6) is 0 Å². The number of nitrogens with zero attached hydrogens (tertiary/aromatic N) is 2. The van der Waals surface area contributed by atoms with Crippen LogP contribution in [0, 0.1) is 5.92 Å². The van der Waals surface area contributed by atoms with Crippen molar-refractivity contribution in [3.05, 3.63) is 11.1 Å². The summed E-state index contributed by atoms with van der Waals surface area (Å²) in [6, 6.07) is 0. The van der Waals surface area contributed by atoms with Crippen LogP contribution in [0.25, 0.3) is 0 Å². The molecule has 1 aromatic heterocycles. The summed E-state index contributed by atoms with van der Waals surface area (Å²) < 4.78 is 3.74. The zero-order valence-corrected chi connectivity index (χ0v) is 8.74. The molecule has 0 amide bonds. The minimum absolute atomic E-state index is 0.270. The Hall–Kier alpha value is -0.420. The highest BCUT2D eigenvalue weighted by Gasteiger charge is 2.23. The fourth-order valence-electron chi connectivity index (χ4n) is 1.37. The maximum Gasteiger partial charge on any atom is 0.142 e. The monoisotopic (exact) mass is 214 g/mol. The Kier molecular flexibility index (Phi) is 2.95. The number of hydrogen-bond acceptors (Lipinski definition) is 5. The number of thioether (sulfide) groups is 1. The van der Waals surface area contributed by atoms with Gasteiger partial charge in [0.1, 0.15) is 5.78 Å². The molecule has 1 fully saturated rings. The van der Waals surface area contributed by atoms with E-state index in [1.54, 1.807) is 0 Å². The number of ketones is 1. The maximum atomic E-state index is 11.6. The van der Waals surface area contributed by atoms with Gasteiger partial charge in [-0.15, -0.1) is 5.10 Å². The van der Waals surface area contributed by atoms with Crippen molar-refractivity contribution in [1.29, 1.82) is 0 Å². The third kappa shape index (κ3) is 2.28. The van der Waals surface area contributed by atoms with Crippen LogP contribution in [0.15, 0.2) is 5.38 Å². The molecule has 2 rings (SSSR count). The van der Waals surface area contributed by atoms with Gasteiger partial charge in [0.05, 0.1) is 12.1 Å². The lowest BCUT2D eigenvalue weighted by Gasteiger charge is -2.03. The summed E-state index contributed by atoms with van der Waals surface area (Å²) in [5.41, 5.74) is 0.826. The predicted octanol–water partition coefficient (Wildman–Crippen LogP) is 1.40. The maximum absolute atomic E-state index is 11.6. The molecule has 13 heavy (non-hydrogen) atoms. The van der Waals surface area contributed by atoms with Crippen LogP contribution in [0.1, 0.15) is 12.1 Å². The molecule has 1 unspecified atom stereocenters. The Bertz CT molecular complexity index is 280. The summed E-state index contributed by atoms with van der Waals surface area (Å²) in [6.45, 7) is 0. The number of carbonyl (C=O) groups excluding carboxylic acids is 1. The summed E-state index contributed by atoms with van der Waals surface area (Å²) in [5, 5.41) is 5.72. The van der Waals surface area contributed by atoms with Gasteiger partial charge in [0, 0.05) is 17.1 Å². The van der Waals surface area contributed by atoms with E-state index in [4.69, 9.17) is 0 Å². The van der Waals surface area contributed by atoms with Crippen molar-refractivity contribution in [2.75, 3.05) is 11.5 Å². The lowest BCUT2D eigenvalue weighted by atomic mass is 10.0. The standard InChI is InChI=1S/C8H10N2OS2/c11-8(6-1-2-12-4-6)3-7-5-13-10-9-7/h5-6H,1-4H2. The van der Waals surface area contributed by atoms with Crippen molar-refractivity contribution >= 4 is 29.1 Å². The minimum atomic E-state index is 0.270. The van der Waals surface area contributed by atoms with Crippen molar-refractivity contribution in [3.8, 4) is 0 Å². The highest BCUT2D eigenvalue weighted by Crippen LogP contribution is 2.24. The SMILES string of the molecule is O=C(Cc1csnn1)C1CCSC1. The zero-order chi connectivity index (χ0) is 9.10. The molecule has 1 atom stereocenters. The van der Waals surface area contributed by atoms with Crippen LogP contribution in [0.4, 0.5) is 0 Å². The van der Waals surface area contributed by atoms with Gasteiger partial charge < -0.3 is 0 Å². The van der Waals surface area contributed by atoms with Crippen molar-refractivity contribution in [1.82, 2.24) is 9.59 Å². The van der Waals surface area contributed by atoms with Gasteiger partial charge in [-0.3, -0.25) is 4.79 Å². The van der Waals surface area contributed by atoms with E-state index in [2.05, 4.69) is 9.59 Å². The Labute approximate surface area is 85.1 Å². The van der Waals surface area contributed by atoms with E-state index in [0.29, 0.717) is 12.2 Å². The number of aromatic nitrogens is 2. The zero-order valence-electron chi connectivity index (χ0n) is 7.10. The third-order valence-corrected chi connectivity index (χ3v) is 3.86. The molecule has 1 aromatic rings. The molecule has 3 nitrogen and oxygen atoms in total. The van der Waals surface area contributed by atoms with E-state index in [1.807, 2.05) is 17.1 Å². The predicted molar refractivity (Wildman–Crippen MR) is 54.1 cm³/mol. The van der Waals surface area contributed by atoms with Crippen molar-refractivity contribution in [2.45, 2.75) is 12.8 Å². The van der Waals surface area contributed by atoms with Crippen LogP contribution >= 0.6 is 23.3 Å². The number of rotatable bonds is 3. The first-order chi connectivity index (χ1) is 6.36. The first-order valence-corrected chi connectivity index (χ1v) is 6.22. The molecule has 0 aliphatic carbocycles. The quantitative estimate of drug-likeness (QED) is 0.763. The molecule has 0 N–H and O–H groups in total. The fraction of sp³-hybridized carbons (Fsp3) is 0.625. The molecule has 0 bridgehead atoms. The van der Waals surface area contributed by atoms with Gasteiger partial charge in [0.15, 0.2) is 0 Å². The molecular formula is C8H10N2OS2. The molecule has 70 valence electrons. The van der Waals surface area contributed by atoms with E-state index in [-0.39, 0.29) is 5.92 Å². The molecule has 0 spiro atoms. The van der Waals surface area contributed by atoms with Gasteiger partial charge in [0.25, 0.3) is 0 Å². The van der Waals surface area contributed by atoms with Crippen LogP contribution in [0.2, 0.25) is 0 Å². The van der Waals surface area contributed by atoms with Gasteiger partial charge >= 0.3 is 0 Å². The normalized spacial score (nSPS) is 22.0. The molecule has 0 radical (unpaired) electrons. The second-order valence-corrected chi connectivity index (χ2v) is 4.86. The first kappa shape index (κ1) is 9.15. The summed E-state index contributed by atoms with van der Waals surface area (Å²) >= 11 is 3.17. The summed E-state index contributed by atoms with van der Waals surface area (Å²) in [5.74, 6) is 2.73. The van der Waals surface area contributed by atoms with Crippen LogP contribution in [-0.4, -0.2) is 26.9 Å². The molecule has 1 aliphatic heterocycles. The smallest absolute Gasteiger partial charge is 0.142 e. The number of carbonyl (C=O) groups is 1. The second-order valence-electron chi connectivity index (χ2n) is 3.10. The number of hydrogen-bond donors (Lipinski definition) is 0. The Morgan fingerprint density at radius 2 is 2.62 bits per heavy atom. The Morgan fingerprint density at radius 1 is 1.69 bits per heavy atom. The lowest BCUT2D eigenvalue weighted by molar-refractivity contribution is -0.121. The van der Waals surface area contributed by atoms with Gasteiger partial charge in [-0.2, -0.15) is 11.8 Å². The van der Waals surface area contributed by atoms with Gasteiger partial charge in [0.2, 0.25) is 0 Å². The average molecular weight is 214 g/mol. The summed E-state index contributed by atoms with van der Waals surface area (Å²) in [6.07, 6.45) is 1.52. The highest BCUT2D eigenvalue weighted by molar-refractivity contribution is 7.99. The van der Waals surface area contributed by atoms with E-state index in [1.165, 1.54) is 11.5 Å². The van der Waals surface area contributed by atoms with Crippen molar-refractivity contribution < 1.29 is 4.79 Å². The van der Waals surface area contributed by atoms with Crippen LogP contribution in [0.3, 0.4) is 0 Å². The van der Waals surface area contributed by atoms with Gasteiger partial charge in [-0.25, -0.2) is 0 Å². The highest BCUT2D eigenvalue weighted by atomic mass is 32.2. The van der Waals surface area contributed by atoms with Crippen LogP contribution < -0.4 is 0 Å². The topological polar surface area (TPSA) is 42.9 Å². The Balaban J connectivity index is 1.91. The molecule has 1 aliphatic rings. The molecule has 1 saturated heterocycles. The van der Waals surface area contributed by atoms with Gasteiger partial charge in [-0.05, 0) is 23.7 Å². The van der Waals surface area contributed by atoms with Gasteiger partial charge in [-0.1, -0.05) is 4.49 Å². The second kappa shape index (κ2) is 4.19. The van der Waals surface area contributed by atoms with E-state index in [0.717, 1.165) is 23.6 Å². The van der Waals surface area contributed by atoms with E-state index < -0.39 is 0 Å². The van der Waals surface area contributed by atoms with E-state index >= 15 is 0 Å². The van der Waals surface area contributed by atoms with Crippen molar-refractivity contribution in [3.63, 3.8) is 0 Å². The molecule has 5 heteroatoms. The molecule has 0 aromatic carbocycles. The molecule has 0 saturated carbocycles. The molecule has 2 heterocycles. The lowest BCUT2D eigenvalue weighted by Crippen LogP contribution is -2.16. The third-order valence-electron chi connectivity index (χ3n) is 2.15. The fourth-order valence-corrected chi connectivity index (χ4v) is 3.08. The van der Waals surface area contributed by atoms with Crippen molar-refractivity contribution in [2.24, 2.45) is 5.92 Å². The van der Waals surface area contributed by atoms with E-state index in [9.17, 15) is 4.79 Å². The largest absolute Gasteiger partial charge is 0.299 e. The average Bonchev–Trinajstić information content (AvgIpc) is 2.74. The number of Topliss-reactive ketones (excluding diaryl/α,β-unsaturated/α-hetero) is 1. The minimum Gasteiger partial charge on any atom is -0.299 e. The molecular weight excluding hydrogens is 204 g/mol. The van der Waals surface area contributed by atoms with Crippen LogP contribution in [-0.2, 0) is 11.2 Å². The first-order valence-electron chi connectivity index (χ1n) is 4.22. The summed E-state index contributed by atoms with van der Waals surface area (Å²) in [7, 11) is 0.